The second-order valence-electron chi connectivity index (χ2n) is 13.2. The number of imidazole rings is 1. The number of benzene rings is 1. The van der Waals surface area contributed by atoms with Crippen molar-refractivity contribution in [1.82, 2.24) is 25.1 Å². The van der Waals surface area contributed by atoms with Gasteiger partial charge in [-0.2, -0.15) is 0 Å². The first-order valence-electron chi connectivity index (χ1n) is 15.2. The minimum absolute atomic E-state index is 0.132. The van der Waals surface area contributed by atoms with E-state index in [4.69, 9.17) is 28.5 Å². The van der Waals surface area contributed by atoms with Crippen molar-refractivity contribution in [3.8, 4) is 5.75 Å². The van der Waals surface area contributed by atoms with Crippen LogP contribution in [0.25, 0.3) is 0 Å². The van der Waals surface area contributed by atoms with Gasteiger partial charge in [-0.1, -0.05) is 25.6 Å². The summed E-state index contributed by atoms with van der Waals surface area (Å²) in [6.45, 7) is 12.5. The average Bonchev–Trinajstić information content (AvgIpc) is 3.79. The monoisotopic (exact) mass is 641 g/mol. The average molecular weight is 642 g/mol. The maximum absolute atomic E-state index is 14.0. The van der Waals surface area contributed by atoms with E-state index >= 15 is 0 Å². The van der Waals surface area contributed by atoms with Crippen molar-refractivity contribution in [3.63, 3.8) is 0 Å². The van der Waals surface area contributed by atoms with Crippen LogP contribution in [0, 0.1) is 5.92 Å². The van der Waals surface area contributed by atoms with Crippen molar-refractivity contribution in [2.24, 2.45) is 5.92 Å². The molecule has 1 unspecified atom stereocenters. The summed E-state index contributed by atoms with van der Waals surface area (Å²) in [7, 11) is 0.562. The number of ether oxygens (including phenoxy) is 3. The SMILES string of the molecule is COC(=O)N[C@H](C(=O)N1CC(OC(=O)N2Cc3cc4c(cc3C2)SCO4)C[C@H]1c1nc(B2OC(C)(C)C(C)(C)O2)c[nH]1)C(C)C. The fourth-order valence-electron chi connectivity index (χ4n) is 6.00. The van der Waals surface area contributed by atoms with E-state index in [1.165, 1.54) is 7.11 Å². The lowest BCUT2D eigenvalue weighted by molar-refractivity contribution is -0.135. The first-order valence-corrected chi connectivity index (χ1v) is 16.2. The fourth-order valence-corrected chi connectivity index (χ4v) is 6.80. The Morgan fingerprint density at radius 2 is 1.82 bits per heavy atom. The van der Waals surface area contributed by atoms with E-state index in [1.54, 1.807) is 27.8 Å². The first kappa shape index (κ1) is 31.6. The van der Waals surface area contributed by atoms with Crippen molar-refractivity contribution in [3.05, 3.63) is 35.3 Å². The molecule has 5 heterocycles. The Kier molecular flexibility index (Phi) is 8.23. The van der Waals surface area contributed by atoms with E-state index in [1.807, 2.05) is 47.6 Å². The van der Waals surface area contributed by atoms with Crippen LogP contribution in [0.1, 0.15) is 71.0 Å². The van der Waals surface area contributed by atoms with Gasteiger partial charge in [0.05, 0.1) is 41.4 Å². The third-order valence-corrected chi connectivity index (χ3v) is 10.2. The summed E-state index contributed by atoms with van der Waals surface area (Å²) < 4.78 is 28.8. The molecule has 1 aromatic heterocycles. The van der Waals surface area contributed by atoms with Crippen molar-refractivity contribution in [2.75, 3.05) is 19.6 Å². The van der Waals surface area contributed by atoms with Gasteiger partial charge in [0.15, 0.2) is 0 Å². The summed E-state index contributed by atoms with van der Waals surface area (Å²) in [4.78, 5) is 51.9. The Labute approximate surface area is 267 Å². The number of fused-ring (bicyclic) bond motifs is 2. The molecule has 13 nitrogen and oxygen atoms in total. The van der Waals surface area contributed by atoms with Gasteiger partial charge in [0.25, 0.3) is 0 Å². The molecule has 0 aliphatic carbocycles. The summed E-state index contributed by atoms with van der Waals surface area (Å²) in [6.07, 6.45) is 0.271. The lowest BCUT2D eigenvalue weighted by atomic mass is 9.86. The van der Waals surface area contributed by atoms with Crippen molar-refractivity contribution in [2.45, 2.75) is 95.3 Å². The number of amides is 3. The van der Waals surface area contributed by atoms with Gasteiger partial charge in [-0.05, 0) is 56.9 Å². The molecule has 1 aromatic carbocycles. The molecule has 242 valence electrons. The molecule has 6 rings (SSSR count). The number of nitrogens with one attached hydrogen (secondary N) is 2. The van der Waals surface area contributed by atoms with Crippen molar-refractivity contribution in [1.29, 1.82) is 0 Å². The molecule has 45 heavy (non-hydrogen) atoms. The predicted octanol–water partition coefficient (Wildman–Crippen LogP) is 3.33. The van der Waals surface area contributed by atoms with E-state index < -0.39 is 48.7 Å². The number of hydrogen-bond donors (Lipinski definition) is 2. The number of likely N-dealkylation sites (tertiary alicyclic amines) is 1. The summed E-state index contributed by atoms with van der Waals surface area (Å²) in [5, 5.41) is 2.66. The minimum atomic E-state index is -0.859. The number of H-pyrrole nitrogens is 1. The molecular formula is C30H40BN5O8S. The first-order chi connectivity index (χ1) is 21.3. The lowest BCUT2D eigenvalue weighted by Gasteiger charge is -2.32. The highest BCUT2D eigenvalue weighted by Crippen LogP contribution is 2.41. The largest absolute Gasteiger partial charge is 0.516 e. The number of methoxy groups -OCH3 is 1. The molecule has 4 aliphatic rings. The number of alkyl carbamates (subject to hydrolysis) is 1. The number of aromatic nitrogens is 2. The lowest BCUT2D eigenvalue weighted by Crippen LogP contribution is -2.51. The van der Waals surface area contributed by atoms with Gasteiger partial charge >= 0.3 is 19.3 Å². The van der Waals surface area contributed by atoms with Gasteiger partial charge < -0.3 is 38.7 Å². The number of hydrogen-bond acceptors (Lipinski definition) is 10. The molecule has 4 aliphatic heterocycles. The number of aromatic amines is 1. The quantitative estimate of drug-likeness (QED) is 0.451. The topological polar surface area (TPSA) is 145 Å². The van der Waals surface area contributed by atoms with Crippen molar-refractivity contribution >= 4 is 42.6 Å². The van der Waals surface area contributed by atoms with Gasteiger partial charge in [-0.25, -0.2) is 14.6 Å². The van der Waals surface area contributed by atoms with Crippen LogP contribution in [0.2, 0.25) is 0 Å². The Balaban J connectivity index is 1.20. The zero-order valence-corrected chi connectivity index (χ0v) is 27.5. The molecule has 2 aromatic rings. The van der Waals surface area contributed by atoms with Crippen LogP contribution in [-0.4, -0.2) is 87.9 Å². The van der Waals surface area contributed by atoms with Gasteiger partial charge in [0, 0.05) is 25.7 Å². The summed E-state index contributed by atoms with van der Waals surface area (Å²) in [6, 6.07) is 2.66. The Bertz CT molecular complexity index is 1450. The van der Waals surface area contributed by atoms with Crippen LogP contribution >= 0.6 is 11.8 Å². The molecule has 0 radical (unpaired) electrons. The highest BCUT2D eigenvalue weighted by molar-refractivity contribution is 7.99. The second-order valence-corrected chi connectivity index (χ2v) is 14.2. The number of carbonyl (C=O) groups is 3. The predicted molar refractivity (Wildman–Crippen MR) is 165 cm³/mol. The molecular weight excluding hydrogens is 601 g/mol. The Hall–Kier alpha value is -3.43. The van der Waals surface area contributed by atoms with Gasteiger partial charge in [0.1, 0.15) is 29.7 Å². The van der Waals surface area contributed by atoms with Crippen LogP contribution in [-0.2, 0) is 36.7 Å². The maximum Gasteiger partial charge on any atom is 0.516 e. The van der Waals surface area contributed by atoms with Crippen LogP contribution < -0.4 is 15.6 Å². The molecule has 2 saturated heterocycles. The summed E-state index contributed by atoms with van der Waals surface area (Å²) in [5.74, 6) is 1.40. The third kappa shape index (κ3) is 5.97. The Morgan fingerprint density at radius 3 is 2.49 bits per heavy atom. The molecule has 0 saturated carbocycles. The van der Waals surface area contributed by atoms with E-state index in [0.717, 1.165) is 21.8 Å². The molecule has 3 amide bonds. The van der Waals surface area contributed by atoms with E-state index in [2.05, 4.69) is 16.4 Å². The van der Waals surface area contributed by atoms with Crippen LogP contribution in [0.3, 0.4) is 0 Å². The summed E-state index contributed by atoms with van der Waals surface area (Å²) >= 11 is 1.64. The van der Waals surface area contributed by atoms with E-state index in [0.29, 0.717) is 36.9 Å². The van der Waals surface area contributed by atoms with E-state index in [9.17, 15) is 14.4 Å². The fraction of sp³-hybridized carbons (Fsp3) is 0.600. The molecule has 15 heteroatoms. The van der Waals surface area contributed by atoms with E-state index in [-0.39, 0.29) is 18.4 Å². The van der Waals surface area contributed by atoms with Crippen LogP contribution in [0.15, 0.2) is 23.2 Å². The zero-order valence-electron chi connectivity index (χ0n) is 26.7. The van der Waals surface area contributed by atoms with Gasteiger partial charge in [-0.15, -0.1) is 0 Å². The minimum Gasteiger partial charge on any atom is -0.481 e. The molecule has 0 bridgehead atoms. The number of rotatable bonds is 6. The Morgan fingerprint density at radius 1 is 1.13 bits per heavy atom. The van der Waals surface area contributed by atoms with Crippen molar-refractivity contribution < 1.29 is 37.9 Å². The molecule has 0 spiro atoms. The second kappa shape index (κ2) is 11.7. The number of thioether (sulfide) groups is 1. The maximum atomic E-state index is 14.0. The normalized spacial score (nSPS) is 23.5. The third-order valence-electron chi connectivity index (χ3n) is 9.31. The smallest absolute Gasteiger partial charge is 0.481 e. The number of nitrogens with zero attached hydrogens (tertiary/aromatic N) is 3. The van der Waals surface area contributed by atoms with Gasteiger partial charge in [-0.3, -0.25) is 9.69 Å². The van der Waals surface area contributed by atoms with Crippen LogP contribution in [0.5, 0.6) is 5.75 Å². The summed E-state index contributed by atoms with van der Waals surface area (Å²) in [5.41, 5.74) is 1.57. The molecule has 2 fully saturated rings. The van der Waals surface area contributed by atoms with Gasteiger partial charge in [0.2, 0.25) is 5.91 Å². The molecule has 3 atom stereocenters. The zero-order chi connectivity index (χ0) is 32.3. The highest BCUT2D eigenvalue weighted by atomic mass is 32.2. The highest BCUT2D eigenvalue weighted by Gasteiger charge is 2.53. The standard InChI is InChI=1S/C30H40BN5O8S/c1-16(2)24(34-27(38)40-7)26(37)36-14-19(42-28(39)35-12-17-8-21-22(45-15-41-21)9-18(17)13-35)10-20(36)25-32-11-23(33-25)31-43-29(3,4)30(5,6)44-31/h8-9,11,16,19-20,24H,10,12-15H2,1-7H3,(H,32,33)(H,34,38)/t19?,20-,24-/m0/s1. The van der Waals surface area contributed by atoms with Crippen LogP contribution in [0.4, 0.5) is 9.59 Å². The molecule has 2 N–H and O–H groups in total. The number of carbonyl (C=O) groups excluding carboxylic acids is 3.